The zero-order chi connectivity index (χ0) is 49.4. The van der Waals surface area contributed by atoms with Crippen molar-refractivity contribution in [2.24, 2.45) is 10.2 Å². The largest absolute Gasteiger partial charge is 0.466 e. The van der Waals surface area contributed by atoms with Gasteiger partial charge in [0.1, 0.15) is 11.4 Å². The second kappa shape index (κ2) is 21.8. The number of hydrogen-bond acceptors (Lipinski definition) is 12. The van der Waals surface area contributed by atoms with E-state index in [1.807, 2.05) is 84.7 Å². The van der Waals surface area contributed by atoms with E-state index < -0.39 is 5.97 Å². The lowest BCUT2D eigenvalue weighted by Gasteiger charge is -2.19. The molecule has 16 nitrogen and oxygen atoms in total. The van der Waals surface area contributed by atoms with Crippen molar-refractivity contribution in [2.45, 2.75) is 64.7 Å². The topological polar surface area (TPSA) is 198 Å². The highest BCUT2D eigenvalue weighted by Gasteiger charge is 2.32. The molecule has 3 aromatic heterocycles. The molecule has 360 valence electrons. The third-order valence-electron chi connectivity index (χ3n) is 12.7. The number of H-pyrrole nitrogens is 2. The molecule has 9 rings (SSSR count). The van der Waals surface area contributed by atoms with E-state index in [1.165, 1.54) is 11.3 Å². The van der Waals surface area contributed by atoms with E-state index in [1.54, 1.807) is 15.9 Å². The van der Waals surface area contributed by atoms with Crippen LogP contribution in [-0.4, -0.2) is 90.7 Å². The third-order valence-corrected chi connectivity index (χ3v) is 14.3. The molecule has 70 heavy (non-hydrogen) atoms. The summed E-state index contributed by atoms with van der Waals surface area (Å²) in [4.78, 5) is 81.8. The molecule has 0 fully saturated rings. The van der Waals surface area contributed by atoms with Gasteiger partial charge in [-0.25, -0.2) is 4.98 Å². The lowest BCUT2D eigenvalue weighted by atomic mass is 10.1. The predicted molar refractivity (Wildman–Crippen MR) is 279 cm³/mol. The smallest absolute Gasteiger partial charge is 0.306 e. The number of fused-ring (bicyclic) bond motifs is 7. The Morgan fingerprint density at radius 1 is 0.829 bits per heavy atom. The van der Waals surface area contributed by atoms with Crippen molar-refractivity contribution in [1.29, 1.82) is 0 Å². The summed E-state index contributed by atoms with van der Waals surface area (Å²) >= 11 is 6.13. The van der Waals surface area contributed by atoms with Gasteiger partial charge in [0.2, 0.25) is 11.0 Å². The van der Waals surface area contributed by atoms with Crippen LogP contribution in [0.15, 0.2) is 89.1 Å². The molecule has 0 saturated heterocycles. The third kappa shape index (κ3) is 10.6. The molecule has 4 amide bonds. The summed E-state index contributed by atoms with van der Waals surface area (Å²) in [5.41, 5.74) is 9.23. The minimum absolute atomic E-state index is 0.0321. The lowest BCUT2D eigenvalue weighted by molar-refractivity contribution is -0.145. The number of carbonyl (C=O) groups excluding carboxylic acids is 5. The Kier molecular flexibility index (Phi) is 14.6. The molecule has 0 atom stereocenters. The van der Waals surface area contributed by atoms with Crippen LogP contribution >= 0.6 is 18.7 Å². The number of aromatic nitrogens is 3. The molecule has 0 aliphatic carbocycles. The fourth-order valence-electron chi connectivity index (χ4n) is 9.04. The number of nitrogens with zero attached hydrogens (tertiary/aromatic N) is 6. The molecule has 2 aliphatic rings. The first kappa shape index (κ1) is 46.8. The molecule has 4 aromatic carbocycles. The molecule has 0 spiro atoms. The van der Waals surface area contributed by atoms with E-state index in [2.05, 4.69) is 35.8 Å². The van der Waals surface area contributed by atoms with Crippen molar-refractivity contribution in [3.8, 4) is 0 Å². The van der Waals surface area contributed by atoms with E-state index in [-0.39, 0.29) is 43.1 Å². The maximum Gasteiger partial charge on any atom is 0.306 e. The van der Waals surface area contributed by atoms with Gasteiger partial charge in [0.25, 0.3) is 17.7 Å². The van der Waals surface area contributed by atoms with Gasteiger partial charge >= 0.3 is 5.97 Å². The first-order valence-electron chi connectivity index (χ1n) is 24.1. The highest BCUT2D eigenvalue weighted by molar-refractivity contribution is 7.96. The molecule has 0 saturated carbocycles. The Labute approximate surface area is 416 Å². The van der Waals surface area contributed by atoms with E-state index >= 15 is 0 Å². The fourth-order valence-corrected chi connectivity index (χ4v) is 10.3. The van der Waals surface area contributed by atoms with Gasteiger partial charge in [-0.1, -0.05) is 49.3 Å². The molecule has 0 unspecified atom stereocenters. The standard InChI is InChI=1S/C51H53N10O6PS2/c1-3-4-5-6-22-52-48(64)41-28-36-34-21-25-61(44(34)17-14-38(36)54-41)50(66)42-29-37-35-20-24-60(43(35)16-15-39(37)55-42)49(65)31-8-13-40-45(27-31)70-51(56-40)58-57-32-9-11-33(12-10-32)59(2)23-7-26-67-47(63)19-18-46(62)53-30-68-69/h8-17,27-29,54-55H,3-7,18-26,30H2,1-2H3,(H,52,64)(H,53,62)/i1D. The number of benzene rings is 4. The zero-order valence-electron chi connectivity index (χ0n) is 39.7. The normalized spacial score (nSPS) is 13.4. The van der Waals surface area contributed by atoms with Gasteiger partial charge in [-0.3, -0.25) is 24.0 Å². The number of aromatic amines is 2. The number of nitrogens with one attached hydrogen (secondary N) is 4. The minimum Gasteiger partial charge on any atom is -0.466 e. The number of azo groups is 1. The summed E-state index contributed by atoms with van der Waals surface area (Å²) < 4.78 is 13.4. The van der Waals surface area contributed by atoms with Crippen LogP contribution in [0.5, 0.6) is 0 Å². The number of hydrogen-bond donors (Lipinski definition) is 4. The summed E-state index contributed by atoms with van der Waals surface area (Å²) in [5.74, 6) is -1.03. The maximum atomic E-state index is 14.2. The second-order valence-electron chi connectivity index (χ2n) is 17.3. The van der Waals surface area contributed by atoms with Crippen molar-refractivity contribution < 1.29 is 30.1 Å². The molecule has 5 heterocycles. The van der Waals surface area contributed by atoms with Crippen LogP contribution in [0.1, 0.15) is 95.7 Å². The highest BCUT2D eigenvalue weighted by atomic mass is 32.4. The van der Waals surface area contributed by atoms with Crippen LogP contribution in [0.25, 0.3) is 32.0 Å². The number of unbranched alkanes of at least 4 members (excludes halogenated alkanes) is 3. The Morgan fingerprint density at radius 3 is 2.27 bits per heavy atom. The van der Waals surface area contributed by atoms with Crippen molar-refractivity contribution in [3.63, 3.8) is 0 Å². The number of esters is 1. The van der Waals surface area contributed by atoms with Crippen LogP contribution in [0.4, 0.5) is 27.9 Å². The number of amides is 4. The van der Waals surface area contributed by atoms with Crippen LogP contribution in [0.2, 0.25) is 0 Å². The van der Waals surface area contributed by atoms with Crippen molar-refractivity contribution >= 4 is 120 Å². The molecule has 0 bridgehead atoms. The number of anilines is 3. The van der Waals surface area contributed by atoms with Gasteiger partial charge in [0.05, 0.1) is 35.2 Å². The average Bonchev–Trinajstić information content (AvgIpc) is 4.24. The maximum absolute atomic E-state index is 14.2. The van der Waals surface area contributed by atoms with E-state index in [4.69, 9.17) is 17.9 Å². The molecule has 7 aromatic rings. The van der Waals surface area contributed by atoms with Gasteiger partial charge in [0.15, 0.2) is 0 Å². The summed E-state index contributed by atoms with van der Waals surface area (Å²) in [7, 11) is 2.60. The molecule has 0 radical (unpaired) electrons. The van der Waals surface area contributed by atoms with Crippen LogP contribution in [0, 0.1) is 0 Å². The van der Waals surface area contributed by atoms with E-state index in [9.17, 15) is 24.0 Å². The summed E-state index contributed by atoms with van der Waals surface area (Å²) in [6.07, 6.45) is 6.18. The van der Waals surface area contributed by atoms with Crippen LogP contribution in [-0.2, 0) is 39.0 Å². The van der Waals surface area contributed by atoms with Crippen molar-refractivity contribution in [3.05, 3.63) is 107 Å². The molecule has 2 aliphatic heterocycles. The minimum atomic E-state index is -0.403. The van der Waals surface area contributed by atoms with E-state index in [0.29, 0.717) is 99.3 Å². The quantitative estimate of drug-likeness (QED) is 0.0249. The Hall–Kier alpha value is -6.88. The van der Waals surface area contributed by atoms with Crippen LogP contribution < -0.4 is 25.3 Å². The number of carbonyl (C=O) groups is 5. The zero-order valence-corrected chi connectivity index (χ0v) is 41.2. The Balaban J connectivity index is 0.796. The Morgan fingerprint density at radius 2 is 1.54 bits per heavy atom. The monoisotopic (exact) mass is 997 g/mol. The fraction of sp³-hybridized carbons (Fsp3) is 0.333. The van der Waals surface area contributed by atoms with Crippen LogP contribution in [0.3, 0.4) is 0 Å². The predicted octanol–water partition coefficient (Wildman–Crippen LogP) is 10.0. The van der Waals surface area contributed by atoms with E-state index in [0.717, 1.165) is 80.4 Å². The van der Waals surface area contributed by atoms with Crippen molar-refractivity contribution in [2.75, 3.05) is 60.8 Å². The van der Waals surface area contributed by atoms with Gasteiger partial charge in [-0.05, 0) is 123 Å². The first-order valence-corrected chi connectivity index (χ1v) is 26.3. The van der Waals surface area contributed by atoms with Gasteiger partial charge in [0, 0.05) is 85.4 Å². The lowest BCUT2D eigenvalue weighted by Crippen LogP contribution is -2.29. The number of thiazole rings is 1. The molecule has 4 N–H and O–H groups in total. The van der Waals surface area contributed by atoms with Gasteiger partial charge < -0.3 is 40.0 Å². The molecular formula is C51H53N10O6PS2. The number of rotatable bonds is 20. The molecule has 19 heteroatoms. The average molecular weight is 998 g/mol. The second-order valence-corrected chi connectivity index (χ2v) is 19.6. The SMILES string of the molecule is [2H]CCCCCCNC(=O)c1cc2c3c(ccc2[nH]1)N(C(=O)c1cc2c4c(ccc2[nH]1)N(C(=O)c1ccc2nc(N=Nc5ccc(N(C)CCCOC(=O)CCC(=O)NCP=S)cc5)sc2c1)CC4)CC3. The Bertz CT molecular complexity index is 3190. The number of ether oxygens (including phenoxy) is 1. The summed E-state index contributed by atoms with van der Waals surface area (Å²) in [6.45, 7) is 2.96. The molecular weight excluding hydrogens is 944 g/mol. The van der Waals surface area contributed by atoms with Crippen molar-refractivity contribution in [1.82, 2.24) is 25.6 Å². The van der Waals surface area contributed by atoms with Gasteiger partial charge in [-0.2, -0.15) is 0 Å². The highest BCUT2D eigenvalue weighted by Crippen LogP contribution is 2.39. The van der Waals surface area contributed by atoms with Gasteiger partial charge in [-0.15, -0.1) is 10.2 Å². The summed E-state index contributed by atoms with van der Waals surface area (Å²) in [6, 6.07) is 24.6. The first-order chi connectivity index (χ1) is 34.6. The summed E-state index contributed by atoms with van der Waals surface area (Å²) in [5, 5.41) is 16.8.